The molecule has 1 aromatic heterocycles. The van der Waals surface area contributed by atoms with Crippen LogP contribution in [0, 0.1) is 5.41 Å². The fourth-order valence-corrected chi connectivity index (χ4v) is 3.32. The van der Waals surface area contributed by atoms with Crippen molar-refractivity contribution in [1.29, 1.82) is 0 Å². The monoisotopic (exact) mass is 284 g/mol. The molecule has 1 fully saturated rings. The molecule has 2 aromatic rings. The van der Waals surface area contributed by atoms with Crippen molar-refractivity contribution in [3.8, 4) is 5.75 Å². The van der Waals surface area contributed by atoms with Crippen LogP contribution in [0.1, 0.15) is 33.1 Å². The summed E-state index contributed by atoms with van der Waals surface area (Å²) in [7, 11) is 2.03. The summed E-state index contributed by atoms with van der Waals surface area (Å²) in [6.45, 7) is 4.67. The minimum Gasteiger partial charge on any atom is -0.488 e. The second kappa shape index (κ2) is 5.64. The Kier molecular flexibility index (Phi) is 3.85. The predicted octanol–water partition coefficient (Wildman–Crippen LogP) is 3.78. The van der Waals surface area contributed by atoms with Gasteiger partial charge in [-0.15, -0.1) is 0 Å². The molecule has 2 unspecified atom stereocenters. The lowest BCUT2D eigenvalue weighted by Crippen LogP contribution is -2.47. The SMILES string of the molecule is CNC1CCC(C)(C)CC1Oc1cccc2ncccc12. The van der Waals surface area contributed by atoms with Gasteiger partial charge in [-0.3, -0.25) is 4.98 Å². The molecule has 0 saturated heterocycles. The maximum absolute atomic E-state index is 6.41. The zero-order valence-corrected chi connectivity index (χ0v) is 13.1. The number of likely N-dealkylation sites (N-methyl/N-ethyl adjacent to an activating group) is 1. The third-order valence-electron chi connectivity index (χ3n) is 4.59. The van der Waals surface area contributed by atoms with Crippen molar-refractivity contribution in [2.45, 2.75) is 45.3 Å². The summed E-state index contributed by atoms with van der Waals surface area (Å²) in [5, 5.41) is 4.52. The highest BCUT2D eigenvalue weighted by atomic mass is 16.5. The van der Waals surface area contributed by atoms with Crippen molar-refractivity contribution in [2.24, 2.45) is 5.41 Å². The van der Waals surface area contributed by atoms with Crippen molar-refractivity contribution in [3.63, 3.8) is 0 Å². The number of ether oxygens (including phenoxy) is 1. The summed E-state index contributed by atoms with van der Waals surface area (Å²) < 4.78 is 6.41. The zero-order valence-electron chi connectivity index (χ0n) is 13.1. The Balaban J connectivity index is 1.89. The van der Waals surface area contributed by atoms with Gasteiger partial charge in [0.25, 0.3) is 0 Å². The predicted molar refractivity (Wildman–Crippen MR) is 86.6 cm³/mol. The van der Waals surface area contributed by atoms with Crippen molar-refractivity contribution in [2.75, 3.05) is 7.05 Å². The fourth-order valence-electron chi connectivity index (χ4n) is 3.32. The van der Waals surface area contributed by atoms with Crippen molar-refractivity contribution < 1.29 is 4.74 Å². The van der Waals surface area contributed by atoms with Crippen LogP contribution in [0.4, 0.5) is 0 Å². The Morgan fingerprint density at radius 3 is 2.90 bits per heavy atom. The van der Waals surface area contributed by atoms with E-state index in [1.54, 1.807) is 0 Å². The van der Waals surface area contributed by atoms with E-state index in [1.165, 1.54) is 6.42 Å². The third kappa shape index (κ3) is 3.03. The molecule has 0 radical (unpaired) electrons. The number of hydrogen-bond acceptors (Lipinski definition) is 3. The van der Waals surface area contributed by atoms with Gasteiger partial charge >= 0.3 is 0 Å². The lowest BCUT2D eigenvalue weighted by molar-refractivity contribution is 0.0569. The number of nitrogens with one attached hydrogen (secondary N) is 1. The molecule has 1 N–H and O–H groups in total. The van der Waals surface area contributed by atoms with Crippen LogP contribution < -0.4 is 10.1 Å². The molecule has 1 aliphatic carbocycles. The van der Waals surface area contributed by atoms with E-state index in [0.717, 1.165) is 29.5 Å². The third-order valence-corrected chi connectivity index (χ3v) is 4.59. The normalized spacial score (nSPS) is 24.9. The summed E-state index contributed by atoms with van der Waals surface area (Å²) in [6.07, 6.45) is 5.53. The van der Waals surface area contributed by atoms with Crippen molar-refractivity contribution in [1.82, 2.24) is 10.3 Å². The van der Waals surface area contributed by atoms with Gasteiger partial charge in [0.05, 0.1) is 5.52 Å². The highest BCUT2D eigenvalue weighted by Gasteiger charge is 2.35. The first-order valence-electron chi connectivity index (χ1n) is 7.77. The summed E-state index contributed by atoms with van der Waals surface area (Å²) in [4.78, 5) is 4.41. The molecule has 3 nitrogen and oxygen atoms in total. The van der Waals surface area contributed by atoms with Crippen LogP contribution in [0.3, 0.4) is 0 Å². The van der Waals surface area contributed by atoms with Gasteiger partial charge in [-0.1, -0.05) is 19.9 Å². The second-order valence-corrected chi connectivity index (χ2v) is 6.78. The minimum atomic E-state index is 0.213. The maximum Gasteiger partial charge on any atom is 0.129 e. The number of nitrogens with zero attached hydrogens (tertiary/aromatic N) is 1. The highest BCUT2D eigenvalue weighted by Crippen LogP contribution is 2.38. The van der Waals surface area contributed by atoms with Crippen LogP contribution in [0.15, 0.2) is 36.5 Å². The van der Waals surface area contributed by atoms with E-state index in [0.29, 0.717) is 11.5 Å². The molecule has 0 bridgehead atoms. The standard InChI is InChI=1S/C18H24N2O/c1-18(2)10-9-15(19-3)17(12-18)21-16-8-4-7-14-13(16)6-5-11-20-14/h4-8,11,15,17,19H,9-10,12H2,1-3H3. The molecule has 1 heterocycles. The van der Waals surface area contributed by atoms with E-state index in [-0.39, 0.29) is 6.10 Å². The Hall–Kier alpha value is -1.61. The first kappa shape index (κ1) is 14.3. The molecular weight excluding hydrogens is 260 g/mol. The van der Waals surface area contributed by atoms with Crippen LogP contribution in [0.25, 0.3) is 10.9 Å². The number of fused-ring (bicyclic) bond motifs is 1. The average Bonchev–Trinajstić information content (AvgIpc) is 2.47. The molecule has 2 atom stereocenters. The van der Waals surface area contributed by atoms with E-state index in [4.69, 9.17) is 4.74 Å². The topological polar surface area (TPSA) is 34.1 Å². The summed E-state index contributed by atoms with van der Waals surface area (Å²) in [5.41, 5.74) is 1.34. The molecule has 3 rings (SSSR count). The van der Waals surface area contributed by atoms with Gasteiger partial charge < -0.3 is 10.1 Å². The maximum atomic E-state index is 6.41. The van der Waals surface area contributed by atoms with E-state index < -0.39 is 0 Å². The molecule has 21 heavy (non-hydrogen) atoms. The lowest BCUT2D eigenvalue weighted by atomic mass is 9.74. The number of aromatic nitrogens is 1. The van der Waals surface area contributed by atoms with E-state index >= 15 is 0 Å². The number of rotatable bonds is 3. The van der Waals surface area contributed by atoms with E-state index in [9.17, 15) is 0 Å². The van der Waals surface area contributed by atoms with Gasteiger partial charge in [0, 0.05) is 17.6 Å². The molecular formula is C18H24N2O. The van der Waals surface area contributed by atoms with Gasteiger partial charge in [-0.05, 0) is 56.0 Å². The molecule has 0 amide bonds. The number of benzene rings is 1. The Morgan fingerprint density at radius 2 is 2.10 bits per heavy atom. The fraction of sp³-hybridized carbons (Fsp3) is 0.500. The van der Waals surface area contributed by atoms with E-state index in [2.05, 4.69) is 36.3 Å². The molecule has 1 aromatic carbocycles. The summed E-state index contributed by atoms with van der Waals surface area (Å²) in [5.74, 6) is 0.948. The quantitative estimate of drug-likeness (QED) is 0.931. The molecule has 1 aliphatic rings. The summed E-state index contributed by atoms with van der Waals surface area (Å²) in [6, 6.07) is 10.6. The molecule has 3 heteroatoms. The lowest BCUT2D eigenvalue weighted by Gasteiger charge is -2.40. The molecule has 0 aliphatic heterocycles. The first-order valence-corrected chi connectivity index (χ1v) is 7.77. The highest BCUT2D eigenvalue weighted by molar-refractivity contribution is 5.84. The van der Waals surface area contributed by atoms with Crippen LogP contribution in [0.5, 0.6) is 5.75 Å². The van der Waals surface area contributed by atoms with Crippen LogP contribution in [0.2, 0.25) is 0 Å². The van der Waals surface area contributed by atoms with Crippen molar-refractivity contribution >= 4 is 10.9 Å². The van der Waals surface area contributed by atoms with Gasteiger partial charge in [-0.2, -0.15) is 0 Å². The first-order chi connectivity index (χ1) is 10.1. The minimum absolute atomic E-state index is 0.213. The van der Waals surface area contributed by atoms with Crippen LogP contribution in [-0.4, -0.2) is 24.2 Å². The average molecular weight is 284 g/mol. The molecule has 112 valence electrons. The Labute approximate surface area is 126 Å². The number of hydrogen-bond donors (Lipinski definition) is 1. The second-order valence-electron chi connectivity index (χ2n) is 6.78. The summed E-state index contributed by atoms with van der Waals surface area (Å²) >= 11 is 0. The van der Waals surface area contributed by atoms with E-state index in [1.807, 2.05) is 31.4 Å². The zero-order chi connectivity index (χ0) is 14.9. The smallest absolute Gasteiger partial charge is 0.129 e. The van der Waals surface area contributed by atoms with Gasteiger partial charge in [0.2, 0.25) is 0 Å². The Morgan fingerprint density at radius 1 is 1.24 bits per heavy atom. The van der Waals surface area contributed by atoms with Crippen LogP contribution >= 0.6 is 0 Å². The largest absolute Gasteiger partial charge is 0.488 e. The van der Waals surface area contributed by atoms with Crippen LogP contribution in [-0.2, 0) is 0 Å². The van der Waals surface area contributed by atoms with Gasteiger partial charge in [0.15, 0.2) is 0 Å². The molecule has 0 spiro atoms. The number of pyridine rings is 1. The van der Waals surface area contributed by atoms with Gasteiger partial charge in [0.1, 0.15) is 11.9 Å². The van der Waals surface area contributed by atoms with Crippen molar-refractivity contribution in [3.05, 3.63) is 36.5 Å². The molecule has 1 saturated carbocycles. The Bertz CT molecular complexity index is 618. The van der Waals surface area contributed by atoms with Gasteiger partial charge in [-0.25, -0.2) is 0 Å².